The predicted molar refractivity (Wildman–Crippen MR) is 222 cm³/mol. The van der Waals surface area contributed by atoms with E-state index >= 15 is 0 Å². The Hall–Kier alpha value is -4.09. The standard InChI is InChI=1S/C30H24NO.C18H24GeN.Ir/c1-30(2,3)24-16-7-4-12-21(24)27-22-13-5-8-17-25(22)31-28(27)23-15-10-14-20-19-11-6-9-18-26(19)32-29(20)23;1-14(2)11-16-12-18(15-9-7-6-8-10-15)20-13-17(16)19(3,4)5;/h4-14,16-18,27H,1-3H3;6-9,12-14H,11H2,1-5H3;/q2*-1;. The van der Waals surface area contributed by atoms with E-state index in [1.165, 1.54) is 22.3 Å². The van der Waals surface area contributed by atoms with Crippen LogP contribution in [0.15, 0.2) is 131 Å². The Kier molecular flexibility index (Phi) is 11.5. The van der Waals surface area contributed by atoms with Crippen LogP contribution in [-0.4, -0.2) is 24.0 Å². The summed E-state index contributed by atoms with van der Waals surface area (Å²) in [5.41, 5.74) is 12.3. The van der Waals surface area contributed by atoms with Gasteiger partial charge in [-0.1, -0.05) is 92.4 Å². The first-order valence-corrected chi connectivity index (χ1v) is 25.8. The Balaban J connectivity index is 0.000000199. The van der Waals surface area contributed by atoms with Gasteiger partial charge in [0.15, 0.2) is 0 Å². The van der Waals surface area contributed by atoms with Gasteiger partial charge in [-0.05, 0) is 39.9 Å². The van der Waals surface area contributed by atoms with Crippen molar-refractivity contribution in [3.05, 3.63) is 161 Å². The van der Waals surface area contributed by atoms with Crippen molar-refractivity contribution >= 4 is 51.0 Å². The molecule has 1 radical (unpaired) electrons. The Morgan fingerprint density at radius 1 is 0.774 bits per heavy atom. The molecule has 7 aromatic rings. The Labute approximate surface area is 331 Å². The molecule has 0 N–H and O–H groups in total. The molecule has 1 unspecified atom stereocenters. The average molecular weight is 934 g/mol. The van der Waals surface area contributed by atoms with Crippen LogP contribution in [0.3, 0.4) is 0 Å². The predicted octanol–water partition coefficient (Wildman–Crippen LogP) is 12.2. The molecule has 3 nitrogen and oxygen atoms in total. The maximum Gasteiger partial charge on any atom is 0 e. The molecule has 2 aromatic heterocycles. The number of rotatable bonds is 6. The molecule has 3 heterocycles. The van der Waals surface area contributed by atoms with E-state index in [1.54, 1.807) is 4.40 Å². The molecule has 271 valence electrons. The van der Waals surface area contributed by atoms with Gasteiger partial charge in [-0.3, -0.25) is 4.99 Å². The van der Waals surface area contributed by atoms with Crippen molar-refractivity contribution in [1.29, 1.82) is 0 Å². The average Bonchev–Trinajstić information content (AvgIpc) is 3.70. The summed E-state index contributed by atoms with van der Waals surface area (Å²) in [6.07, 6.45) is 3.27. The zero-order chi connectivity index (χ0) is 36.6. The zero-order valence-corrected chi connectivity index (χ0v) is 36.5. The molecule has 8 rings (SSSR count). The molecule has 0 saturated carbocycles. The summed E-state index contributed by atoms with van der Waals surface area (Å²) in [7, 11) is 0. The SMILES string of the molecule is CC(C)(C)c1ccccc1C1C(c2[c-]ccc3c2oc2ccccc23)=Nc2ccccc21.CC(C)Cc1cc(-c2[c-]cccc2)nc[c]1[Ge]([CH3])([CH3])[CH3].[Ir]. The number of fused-ring (bicyclic) bond motifs is 4. The maximum atomic E-state index is 6.36. The minimum Gasteiger partial charge on any atom is 0 e. The second-order valence-electron chi connectivity index (χ2n) is 16.4. The molecular formula is C48H48GeIrN2O-2. The van der Waals surface area contributed by atoms with E-state index in [2.05, 4.69) is 149 Å². The minimum absolute atomic E-state index is 0. The quantitative estimate of drug-likeness (QED) is 0.123. The third-order valence-electron chi connectivity index (χ3n) is 9.85. The van der Waals surface area contributed by atoms with E-state index < -0.39 is 13.3 Å². The van der Waals surface area contributed by atoms with Crippen LogP contribution in [0.2, 0.25) is 17.3 Å². The molecule has 5 heteroatoms. The maximum absolute atomic E-state index is 6.36. The smallest absolute Gasteiger partial charge is 0 e. The number of benzene rings is 5. The summed E-state index contributed by atoms with van der Waals surface area (Å²) < 4.78 is 7.90. The Morgan fingerprint density at radius 3 is 2.19 bits per heavy atom. The third kappa shape index (κ3) is 8.06. The zero-order valence-electron chi connectivity index (χ0n) is 32.0. The van der Waals surface area contributed by atoms with Crippen molar-refractivity contribution < 1.29 is 24.5 Å². The number of hydrogen-bond acceptors (Lipinski definition) is 3. The monoisotopic (exact) mass is 935 g/mol. The van der Waals surface area contributed by atoms with Crippen LogP contribution in [0.5, 0.6) is 0 Å². The van der Waals surface area contributed by atoms with Gasteiger partial charge in [-0.2, -0.15) is 0 Å². The van der Waals surface area contributed by atoms with E-state index in [0.717, 1.165) is 56.6 Å². The fourth-order valence-electron chi connectivity index (χ4n) is 7.48. The number of nitrogens with zero attached hydrogens (tertiary/aromatic N) is 2. The molecule has 0 saturated heterocycles. The summed E-state index contributed by atoms with van der Waals surface area (Å²) in [5, 5.41) is 2.23. The van der Waals surface area contributed by atoms with Crippen LogP contribution in [0.4, 0.5) is 5.69 Å². The number of pyridine rings is 1. The Morgan fingerprint density at radius 2 is 1.47 bits per heavy atom. The summed E-state index contributed by atoms with van der Waals surface area (Å²) in [4.78, 5) is 9.85. The molecule has 0 spiro atoms. The van der Waals surface area contributed by atoms with Gasteiger partial charge in [-0.25, -0.2) is 0 Å². The van der Waals surface area contributed by atoms with Gasteiger partial charge < -0.3 is 4.42 Å². The van der Waals surface area contributed by atoms with Gasteiger partial charge in [0, 0.05) is 31.4 Å². The van der Waals surface area contributed by atoms with Gasteiger partial charge in [0.2, 0.25) is 0 Å². The number of hydrogen-bond donors (Lipinski definition) is 0. The second kappa shape index (κ2) is 15.7. The van der Waals surface area contributed by atoms with Crippen molar-refractivity contribution in [1.82, 2.24) is 4.98 Å². The molecule has 0 aliphatic carbocycles. The fraction of sp³-hybridized carbons (Fsp3) is 0.250. The summed E-state index contributed by atoms with van der Waals surface area (Å²) >= 11 is -1.86. The molecule has 0 bridgehead atoms. The van der Waals surface area contributed by atoms with Crippen LogP contribution in [-0.2, 0) is 31.9 Å². The molecule has 0 fully saturated rings. The van der Waals surface area contributed by atoms with Gasteiger partial charge >= 0.3 is 126 Å². The number of aromatic nitrogens is 1. The molecule has 1 aliphatic rings. The van der Waals surface area contributed by atoms with Crippen LogP contribution in [0.25, 0.3) is 33.2 Å². The van der Waals surface area contributed by atoms with Gasteiger partial charge in [0.1, 0.15) is 5.58 Å². The second-order valence-corrected chi connectivity index (χ2v) is 26.9. The van der Waals surface area contributed by atoms with Crippen LogP contribution < -0.4 is 4.40 Å². The van der Waals surface area contributed by atoms with Gasteiger partial charge in [-0.15, -0.1) is 18.2 Å². The van der Waals surface area contributed by atoms with E-state index in [1.807, 2.05) is 36.4 Å². The first-order chi connectivity index (χ1) is 24.9. The van der Waals surface area contributed by atoms with Crippen LogP contribution in [0, 0.1) is 18.1 Å². The van der Waals surface area contributed by atoms with E-state index in [9.17, 15) is 0 Å². The molecule has 1 atom stereocenters. The van der Waals surface area contributed by atoms with Crippen LogP contribution in [0.1, 0.15) is 68.4 Å². The molecular weight excluding hydrogens is 885 g/mol. The molecule has 0 amide bonds. The third-order valence-corrected chi connectivity index (χ3v) is 14.2. The molecule has 53 heavy (non-hydrogen) atoms. The normalized spacial score (nSPS) is 14.1. The van der Waals surface area contributed by atoms with Crippen molar-refractivity contribution in [2.24, 2.45) is 10.9 Å². The van der Waals surface area contributed by atoms with Gasteiger partial charge in [0.25, 0.3) is 0 Å². The topological polar surface area (TPSA) is 38.4 Å². The molecule has 5 aromatic carbocycles. The summed E-state index contributed by atoms with van der Waals surface area (Å²) in [6, 6.07) is 46.7. The molecule has 1 aliphatic heterocycles. The summed E-state index contributed by atoms with van der Waals surface area (Å²) in [6.45, 7) is 11.4. The Bertz CT molecular complexity index is 2400. The van der Waals surface area contributed by atoms with Crippen molar-refractivity contribution in [3.63, 3.8) is 0 Å². The van der Waals surface area contributed by atoms with Crippen LogP contribution >= 0.6 is 0 Å². The fourth-order valence-corrected chi connectivity index (χ4v) is 10.8. The van der Waals surface area contributed by atoms with Crippen molar-refractivity contribution in [2.75, 3.05) is 0 Å². The first-order valence-electron chi connectivity index (χ1n) is 18.5. The van der Waals surface area contributed by atoms with Gasteiger partial charge in [0.05, 0.1) is 11.3 Å². The number of aliphatic imine (C=N–C) groups is 1. The number of para-hydroxylation sites is 2. The first kappa shape index (κ1) is 38.6. The number of furan rings is 1. The van der Waals surface area contributed by atoms with E-state index in [-0.39, 0.29) is 31.4 Å². The largest absolute Gasteiger partial charge is 0 e. The van der Waals surface area contributed by atoms with Crippen molar-refractivity contribution in [2.45, 2.75) is 69.6 Å². The minimum atomic E-state index is -1.86. The van der Waals surface area contributed by atoms with E-state index in [4.69, 9.17) is 14.4 Å². The summed E-state index contributed by atoms with van der Waals surface area (Å²) in [5.74, 6) is 8.03. The van der Waals surface area contributed by atoms with Crippen molar-refractivity contribution in [3.8, 4) is 11.3 Å². The van der Waals surface area contributed by atoms with E-state index in [0.29, 0.717) is 5.92 Å².